The van der Waals surface area contributed by atoms with Crippen LogP contribution in [0.15, 0.2) is 48.0 Å². The Balaban J connectivity index is 2.09. The van der Waals surface area contributed by atoms with E-state index in [9.17, 15) is 4.79 Å². The zero-order valence-corrected chi connectivity index (χ0v) is 10.7. The molecule has 1 aromatic carbocycles. The minimum absolute atomic E-state index is 0.0379. The van der Waals surface area contributed by atoms with Gasteiger partial charge in [0.1, 0.15) is 0 Å². The molecule has 2 nitrogen and oxygen atoms in total. The Morgan fingerprint density at radius 3 is 2.89 bits per heavy atom. The van der Waals surface area contributed by atoms with Crippen LogP contribution in [0.4, 0.5) is 0 Å². The van der Waals surface area contributed by atoms with E-state index in [2.05, 4.69) is 4.98 Å². The number of pyridine rings is 1. The lowest BCUT2D eigenvalue weighted by molar-refractivity contribution is 0.103. The van der Waals surface area contributed by atoms with Gasteiger partial charge in [0.2, 0.25) is 0 Å². The molecule has 2 aromatic heterocycles. The van der Waals surface area contributed by atoms with Gasteiger partial charge in [-0.15, -0.1) is 11.3 Å². The van der Waals surface area contributed by atoms with Crippen molar-refractivity contribution in [2.45, 2.75) is 6.92 Å². The molecule has 0 saturated carbocycles. The highest BCUT2D eigenvalue weighted by Gasteiger charge is 2.12. The van der Waals surface area contributed by atoms with Gasteiger partial charge in [0.15, 0.2) is 5.78 Å². The molecule has 0 saturated heterocycles. The maximum absolute atomic E-state index is 12.4. The third-order valence-electron chi connectivity index (χ3n) is 2.95. The molecule has 0 spiro atoms. The van der Waals surface area contributed by atoms with Gasteiger partial charge in [-0.1, -0.05) is 24.3 Å². The highest BCUT2D eigenvalue weighted by atomic mass is 32.1. The first-order chi connectivity index (χ1) is 8.75. The molecule has 3 rings (SSSR count). The molecule has 0 atom stereocenters. The number of thiophene rings is 1. The predicted octanol–water partition coefficient (Wildman–Crippen LogP) is 3.84. The van der Waals surface area contributed by atoms with Crippen molar-refractivity contribution >= 4 is 27.3 Å². The van der Waals surface area contributed by atoms with Crippen LogP contribution < -0.4 is 0 Å². The van der Waals surface area contributed by atoms with Crippen molar-refractivity contribution in [3.8, 4) is 0 Å². The van der Waals surface area contributed by atoms with Gasteiger partial charge < -0.3 is 0 Å². The fraction of sp³-hybridized carbons (Fsp3) is 0.0667. The minimum Gasteiger partial charge on any atom is -0.289 e. The van der Waals surface area contributed by atoms with Crippen molar-refractivity contribution < 1.29 is 4.79 Å². The standard InChI is InChI=1S/C15H11NOS/c1-10-4-2-3-5-12(10)15(17)11-8-14-13(16-9-11)6-7-18-14/h2-9H,1H3. The Bertz CT molecular complexity index is 730. The molecule has 0 aliphatic heterocycles. The zero-order valence-electron chi connectivity index (χ0n) is 9.88. The summed E-state index contributed by atoms with van der Waals surface area (Å²) in [5.41, 5.74) is 3.34. The smallest absolute Gasteiger partial charge is 0.194 e. The van der Waals surface area contributed by atoms with Crippen LogP contribution in [-0.4, -0.2) is 10.8 Å². The Morgan fingerprint density at radius 2 is 2.06 bits per heavy atom. The lowest BCUT2D eigenvalue weighted by Crippen LogP contribution is -2.03. The van der Waals surface area contributed by atoms with Crippen LogP contribution in [0.25, 0.3) is 10.2 Å². The van der Waals surface area contributed by atoms with Gasteiger partial charge in [-0.05, 0) is 30.0 Å². The quantitative estimate of drug-likeness (QED) is 0.649. The number of hydrogen-bond donors (Lipinski definition) is 0. The summed E-state index contributed by atoms with van der Waals surface area (Å²) >= 11 is 1.60. The van der Waals surface area contributed by atoms with Crippen LogP contribution in [0.2, 0.25) is 0 Å². The first kappa shape index (κ1) is 11.1. The maximum Gasteiger partial charge on any atom is 0.194 e. The molecule has 0 radical (unpaired) electrons. The van der Waals surface area contributed by atoms with E-state index in [0.29, 0.717) is 5.56 Å². The largest absolute Gasteiger partial charge is 0.289 e. The van der Waals surface area contributed by atoms with E-state index >= 15 is 0 Å². The van der Waals surface area contributed by atoms with E-state index in [1.165, 1.54) is 0 Å². The SMILES string of the molecule is Cc1ccccc1C(=O)c1cnc2ccsc2c1. The average molecular weight is 253 g/mol. The van der Waals surface area contributed by atoms with Gasteiger partial charge in [0.05, 0.1) is 10.2 Å². The van der Waals surface area contributed by atoms with Crippen LogP contribution in [0, 0.1) is 6.92 Å². The second-order valence-corrected chi connectivity index (χ2v) is 5.12. The summed E-state index contributed by atoms with van der Waals surface area (Å²) in [4.78, 5) is 16.7. The van der Waals surface area contributed by atoms with E-state index < -0.39 is 0 Å². The Hall–Kier alpha value is -2.00. The van der Waals surface area contributed by atoms with Gasteiger partial charge >= 0.3 is 0 Å². The molecule has 0 N–H and O–H groups in total. The number of aryl methyl sites for hydroxylation is 1. The predicted molar refractivity (Wildman–Crippen MR) is 74.2 cm³/mol. The second kappa shape index (κ2) is 4.35. The summed E-state index contributed by atoms with van der Waals surface area (Å²) < 4.78 is 1.05. The third-order valence-corrected chi connectivity index (χ3v) is 3.81. The number of fused-ring (bicyclic) bond motifs is 1. The normalized spacial score (nSPS) is 10.7. The van der Waals surface area contributed by atoms with E-state index in [0.717, 1.165) is 21.3 Å². The minimum atomic E-state index is 0.0379. The molecule has 0 aliphatic carbocycles. The second-order valence-electron chi connectivity index (χ2n) is 4.17. The summed E-state index contributed by atoms with van der Waals surface area (Å²) in [5, 5.41) is 1.99. The molecule has 18 heavy (non-hydrogen) atoms. The first-order valence-electron chi connectivity index (χ1n) is 5.69. The van der Waals surface area contributed by atoms with E-state index in [1.54, 1.807) is 17.5 Å². The summed E-state index contributed by atoms with van der Waals surface area (Å²) in [6, 6.07) is 11.5. The number of benzene rings is 1. The molecule has 2 heterocycles. The Kier molecular flexibility index (Phi) is 2.68. The summed E-state index contributed by atoms with van der Waals surface area (Å²) in [6.45, 7) is 1.95. The fourth-order valence-corrected chi connectivity index (χ4v) is 2.73. The van der Waals surface area contributed by atoms with Crippen LogP contribution >= 0.6 is 11.3 Å². The number of carbonyl (C=O) groups is 1. The number of ketones is 1. The van der Waals surface area contributed by atoms with Crippen LogP contribution in [0.5, 0.6) is 0 Å². The van der Waals surface area contributed by atoms with Crippen molar-refractivity contribution in [3.63, 3.8) is 0 Å². The zero-order chi connectivity index (χ0) is 12.5. The topological polar surface area (TPSA) is 30.0 Å². The molecule has 3 heteroatoms. The average Bonchev–Trinajstić information content (AvgIpc) is 2.85. The maximum atomic E-state index is 12.4. The number of aromatic nitrogens is 1. The molecule has 0 aliphatic rings. The van der Waals surface area contributed by atoms with E-state index in [1.807, 2.05) is 48.7 Å². The van der Waals surface area contributed by atoms with Crippen LogP contribution in [-0.2, 0) is 0 Å². The molecule has 0 bridgehead atoms. The third kappa shape index (κ3) is 1.83. The highest BCUT2D eigenvalue weighted by Crippen LogP contribution is 2.21. The number of nitrogens with zero attached hydrogens (tertiary/aromatic N) is 1. The molecule has 0 unspecified atom stereocenters. The number of rotatable bonds is 2. The van der Waals surface area contributed by atoms with E-state index in [4.69, 9.17) is 0 Å². The Morgan fingerprint density at radius 1 is 1.22 bits per heavy atom. The molecular weight excluding hydrogens is 242 g/mol. The van der Waals surface area contributed by atoms with Crippen LogP contribution in [0.3, 0.4) is 0 Å². The summed E-state index contributed by atoms with van der Waals surface area (Å²) in [6.07, 6.45) is 1.66. The van der Waals surface area contributed by atoms with Crippen molar-refractivity contribution in [2.24, 2.45) is 0 Å². The summed E-state index contributed by atoms with van der Waals surface area (Å²) in [5.74, 6) is 0.0379. The van der Waals surface area contributed by atoms with Crippen molar-refractivity contribution in [1.82, 2.24) is 4.98 Å². The van der Waals surface area contributed by atoms with E-state index in [-0.39, 0.29) is 5.78 Å². The van der Waals surface area contributed by atoms with Gasteiger partial charge in [-0.2, -0.15) is 0 Å². The van der Waals surface area contributed by atoms with Gasteiger partial charge in [0.25, 0.3) is 0 Å². The highest BCUT2D eigenvalue weighted by molar-refractivity contribution is 7.17. The fourth-order valence-electron chi connectivity index (χ4n) is 1.95. The number of hydrogen-bond acceptors (Lipinski definition) is 3. The van der Waals surface area contributed by atoms with Crippen molar-refractivity contribution in [1.29, 1.82) is 0 Å². The molecule has 0 amide bonds. The van der Waals surface area contributed by atoms with Crippen LogP contribution in [0.1, 0.15) is 21.5 Å². The molecule has 3 aromatic rings. The molecule has 88 valence electrons. The van der Waals surface area contributed by atoms with Crippen molar-refractivity contribution in [2.75, 3.05) is 0 Å². The number of carbonyl (C=O) groups excluding carboxylic acids is 1. The van der Waals surface area contributed by atoms with Gasteiger partial charge in [-0.3, -0.25) is 9.78 Å². The lowest BCUT2D eigenvalue weighted by Gasteiger charge is -2.04. The Labute approximate surface area is 109 Å². The van der Waals surface area contributed by atoms with Gasteiger partial charge in [0, 0.05) is 17.3 Å². The molecular formula is C15H11NOS. The van der Waals surface area contributed by atoms with Gasteiger partial charge in [-0.25, -0.2) is 0 Å². The lowest BCUT2D eigenvalue weighted by atomic mass is 10.0. The first-order valence-corrected chi connectivity index (χ1v) is 6.57. The summed E-state index contributed by atoms with van der Waals surface area (Å²) in [7, 11) is 0. The van der Waals surface area contributed by atoms with Crippen molar-refractivity contribution in [3.05, 3.63) is 64.7 Å². The monoisotopic (exact) mass is 253 g/mol. The molecule has 0 fully saturated rings.